The van der Waals surface area contributed by atoms with Gasteiger partial charge in [0.25, 0.3) is 11.8 Å². The molecule has 2 aromatic rings. The predicted octanol–water partition coefficient (Wildman–Crippen LogP) is 5.65. The lowest BCUT2D eigenvalue weighted by Crippen LogP contribution is -2.29. The van der Waals surface area contributed by atoms with Gasteiger partial charge in [0.15, 0.2) is 4.32 Å². The molecule has 1 fully saturated rings. The maximum absolute atomic E-state index is 13.3. The minimum absolute atomic E-state index is 0.131. The van der Waals surface area contributed by atoms with Gasteiger partial charge in [0.2, 0.25) is 0 Å². The molecule has 0 N–H and O–H groups in total. The fourth-order valence-corrected chi connectivity index (χ4v) is 5.15. The number of hydrogen-bond acceptors (Lipinski definition) is 4. The third-order valence-corrected chi connectivity index (χ3v) is 6.58. The quantitative estimate of drug-likeness (QED) is 0.340. The van der Waals surface area contributed by atoms with Crippen molar-refractivity contribution in [1.29, 1.82) is 0 Å². The summed E-state index contributed by atoms with van der Waals surface area (Å²) in [4.78, 5) is 30.2. The fraction of sp³-hybridized carbons (Fsp3) is 0.227. The highest BCUT2D eigenvalue weighted by Crippen LogP contribution is 2.45. The summed E-state index contributed by atoms with van der Waals surface area (Å²) in [5, 5.41) is 0.522. The number of para-hydroxylation sites is 1. The Morgan fingerprint density at radius 3 is 2.59 bits per heavy atom. The van der Waals surface area contributed by atoms with Crippen LogP contribution in [0.4, 0.5) is 11.4 Å². The van der Waals surface area contributed by atoms with Crippen LogP contribution in [0.1, 0.15) is 31.7 Å². The highest BCUT2D eigenvalue weighted by molar-refractivity contribution is 8.27. The number of unbranched alkanes of at least 4 members (excludes halogenated alkanes) is 2. The summed E-state index contributed by atoms with van der Waals surface area (Å²) >= 11 is 12.7. The summed E-state index contributed by atoms with van der Waals surface area (Å²) in [5.41, 5.74) is 2.70. The van der Waals surface area contributed by atoms with Crippen molar-refractivity contribution in [2.75, 3.05) is 16.3 Å². The average molecular weight is 443 g/mol. The first-order chi connectivity index (χ1) is 14.0. The molecular formula is C22H19ClN2O2S2. The van der Waals surface area contributed by atoms with Crippen LogP contribution < -0.4 is 9.80 Å². The van der Waals surface area contributed by atoms with E-state index in [-0.39, 0.29) is 11.8 Å². The lowest BCUT2D eigenvalue weighted by molar-refractivity contribution is -0.115. The molecule has 29 heavy (non-hydrogen) atoms. The summed E-state index contributed by atoms with van der Waals surface area (Å²) in [5.74, 6) is -0.412. The van der Waals surface area contributed by atoms with Gasteiger partial charge in [-0.15, -0.1) is 0 Å². The lowest BCUT2D eigenvalue weighted by Gasteiger charge is -2.16. The van der Waals surface area contributed by atoms with Crippen LogP contribution in [-0.2, 0) is 9.59 Å². The average Bonchev–Trinajstić information content (AvgIpc) is 3.15. The monoisotopic (exact) mass is 442 g/mol. The van der Waals surface area contributed by atoms with Gasteiger partial charge in [-0.25, -0.2) is 0 Å². The maximum atomic E-state index is 13.3. The van der Waals surface area contributed by atoms with Crippen LogP contribution in [0, 0.1) is 0 Å². The highest BCUT2D eigenvalue weighted by Gasteiger charge is 2.42. The van der Waals surface area contributed by atoms with Crippen LogP contribution in [0.2, 0.25) is 5.02 Å². The number of thiocarbonyl (C=S) groups is 1. The molecule has 2 heterocycles. The lowest BCUT2D eigenvalue weighted by atomic mass is 10.1. The van der Waals surface area contributed by atoms with Crippen LogP contribution in [0.25, 0.3) is 5.57 Å². The summed E-state index contributed by atoms with van der Waals surface area (Å²) in [7, 11) is 0. The second-order valence-corrected chi connectivity index (χ2v) is 8.95. The molecule has 0 aromatic heterocycles. The van der Waals surface area contributed by atoms with E-state index in [1.54, 1.807) is 29.2 Å². The number of halogens is 1. The van der Waals surface area contributed by atoms with Crippen LogP contribution >= 0.6 is 35.6 Å². The van der Waals surface area contributed by atoms with Crippen molar-refractivity contribution in [3.63, 3.8) is 0 Å². The number of anilines is 2. The molecule has 0 bridgehead atoms. The second kappa shape index (κ2) is 8.30. The molecule has 0 unspecified atom stereocenters. The predicted molar refractivity (Wildman–Crippen MR) is 124 cm³/mol. The van der Waals surface area contributed by atoms with Gasteiger partial charge in [-0.2, -0.15) is 0 Å². The van der Waals surface area contributed by atoms with Crippen molar-refractivity contribution in [1.82, 2.24) is 0 Å². The Bertz CT molecular complexity index is 1050. The van der Waals surface area contributed by atoms with Crippen molar-refractivity contribution in [2.45, 2.75) is 26.2 Å². The highest BCUT2D eigenvalue weighted by atomic mass is 35.5. The Hall–Kier alpha value is -2.15. The van der Waals surface area contributed by atoms with Crippen LogP contribution in [0.3, 0.4) is 0 Å². The van der Waals surface area contributed by atoms with Crippen molar-refractivity contribution in [3.8, 4) is 0 Å². The van der Waals surface area contributed by atoms with Crippen LogP contribution in [0.5, 0.6) is 0 Å². The number of rotatable bonds is 5. The molecule has 2 aliphatic heterocycles. The second-order valence-electron chi connectivity index (χ2n) is 6.87. The molecule has 4 rings (SSSR count). The number of amides is 2. The van der Waals surface area contributed by atoms with Gasteiger partial charge in [-0.1, -0.05) is 79.6 Å². The number of nitrogens with zero attached hydrogens (tertiary/aromatic N) is 2. The zero-order chi connectivity index (χ0) is 20.5. The summed E-state index contributed by atoms with van der Waals surface area (Å²) in [6, 6.07) is 14.6. The third kappa shape index (κ3) is 3.61. The number of fused-ring (bicyclic) bond motifs is 1. The number of thioether (sulfide) groups is 1. The standard InChI is InChI=1S/C22H19ClN2O2S2/c1-2-3-6-12-24-17-11-5-4-10-16(17)18(20(24)26)19-21(27)25(22(28)29-19)15-9-7-8-14(23)13-15/h4-5,7-11,13H,2-3,6,12H2,1H3. The Balaban J connectivity index is 1.76. The van der Waals surface area contributed by atoms with Gasteiger partial charge in [-0.05, 0) is 30.7 Å². The van der Waals surface area contributed by atoms with E-state index in [0.29, 0.717) is 32.1 Å². The Morgan fingerprint density at radius 2 is 1.83 bits per heavy atom. The molecule has 4 nitrogen and oxygen atoms in total. The first-order valence-electron chi connectivity index (χ1n) is 9.50. The summed E-state index contributed by atoms with van der Waals surface area (Å²) in [6.07, 6.45) is 3.06. The van der Waals surface area contributed by atoms with Gasteiger partial charge < -0.3 is 4.90 Å². The SMILES string of the molecule is CCCCCN1C(=O)C(=C2SC(=S)N(c3cccc(Cl)c3)C2=O)c2ccccc21. The van der Waals surface area contributed by atoms with Gasteiger partial charge in [0.05, 0.1) is 21.9 Å². The summed E-state index contributed by atoms with van der Waals surface area (Å²) in [6.45, 7) is 2.77. The van der Waals surface area contributed by atoms with Gasteiger partial charge in [0.1, 0.15) is 0 Å². The molecule has 7 heteroatoms. The normalized spacial score (nSPS) is 18.8. The van der Waals surface area contributed by atoms with Crippen molar-refractivity contribution in [3.05, 3.63) is 64.0 Å². The van der Waals surface area contributed by atoms with Gasteiger partial charge in [0, 0.05) is 17.1 Å². The number of benzene rings is 2. The minimum atomic E-state index is -0.282. The Labute approximate surface area is 184 Å². The van der Waals surface area contributed by atoms with E-state index < -0.39 is 0 Å². The third-order valence-electron chi connectivity index (χ3n) is 4.97. The Morgan fingerprint density at radius 1 is 1.03 bits per heavy atom. The van der Waals surface area contributed by atoms with E-state index in [4.69, 9.17) is 23.8 Å². The van der Waals surface area contributed by atoms with Gasteiger partial charge >= 0.3 is 0 Å². The van der Waals surface area contributed by atoms with Crippen molar-refractivity contribution < 1.29 is 9.59 Å². The van der Waals surface area contributed by atoms with E-state index in [1.165, 1.54) is 16.7 Å². The molecule has 0 radical (unpaired) electrons. The smallest absolute Gasteiger partial charge is 0.271 e. The molecular weight excluding hydrogens is 424 g/mol. The van der Waals surface area contributed by atoms with Crippen LogP contribution in [0.15, 0.2) is 53.4 Å². The first kappa shape index (κ1) is 20.1. The molecule has 148 valence electrons. The summed E-state index contributed by atoms with van der Waals surface area (Å²) < 4.78 is 0.398. The van der Waals surface area contributed by atoms with E-state index in [1.807, 2.05) is 24.3 Å². The topological polar surface area (TPSA) is 40.6 Å². The molecule has 0 spiro atoms. The maximum Gasteiger partial charge on any atom is 0.271 e. The fourth-order valence-electron chi connectivity index (χ4n) is 3.60. The number of carbonyl (C=O) groups is 2. The zero-order valence-electron chi connectivity index (χ0n) is 15.9. The molecule has 1 saturated heterocycles. The molecule has 0 saturated carbocycles. The molecule has 2 aromatic carbocycles. The minimum Gasteiger partial charge on any atom is -0.308 e. The number of carbonyl (C=O) groups excluding carboxylic acids is 2. The molecule has 2 amide bonds. The van der Waals surface area contributed by atoms with E-state index >= 15 is 0 Å². The van der Waals surface area contributed by atoms with E-state index in [9.17, 15) is 9.59 Å². The van der Waals surface area contributed by atoms with E-state index in [2.05, 4.69) is 6.92 Å². The van der Waals surface area contributed by atoms with Crippen molar-refractivity contribution >= 4 is 68.7 Å². The largest absolute Gasteiger partial charge is 0.308 e. The molecule has 0 atom stereocenters. The zero-order valence-corrected chi connectivity index (χ0v) is 18.2. The Kier molecular flexibility index (Phi) is 5.76. The van der Waals surface area contributed by atoms with E-state index in [0.717, 1.165) is 30.5 Å². The van der Waals surface area contributed by atoms with Crippen molar-refractivity contribution in [2.24, 2.45) is 0 Å². The first-order valence-corrected chi connectivity index (χ1v) is 11.1. The molecule has 2 aliphatic rings. The molecule has 0 aliphatic carbocycles. The van der Waals surface area contributed by atoms with Gasteiger partial charge in [-0.3, -0.25) is 14.5 Å². The number of hydrogen-bond donors (Lipinski definition) is 0. The van der Waals surface area contributed by atoms with Crippen LogP contribution in [-0.4, -0.2) is 22.7 Å².